The standard InChI is InChI=1S/C16H20N2O3/c17-16(20)14-8-4-7-12(11-5-2-1-3-6-11)13(14)9-10-15(19)18-21/h4,7-11,21H,1-3,5-6H2,(H2,17,20)(H,18,19). The van der Waals surface area contributed by atoms with Crippen LogP contribution in [0.5, 0.6) is 0 Å². The van der Waals surface area contributed by atoms with Gasteiger partial charge in [0, 0.05) is 11.6 Å². The summed E-state index contributed by atoms with van der Waals surface area (Å²) in [4.78, 5) is 22.8. The van der Waals surface area contributed by atoms with Crippen LogP contribution in [-0.2, 0) is 4.79 Å². The first-order chi connectivity index (χ1) is 10.1. The lowest BCUT2D eigenvalue weighted by molar-refractivity contribution is -0.124. The quantitative estimate of drug-likeness (QED) is 0.451. The summed E-state index contributed by atoms with van der Waals surface area (Å²) in [5.41, 5.74) is 9.10. The topological polar surface area (TPSA) is 92.4 Å². The van der Waals surface area contributed by atoms with E-state index in [1.807, 2.05) is 12.1 Å². The van der Waals surface area contributed by atoms with Gasteiger partial charge in [0.1, 0.15) is 0 Å². The Balaban J connectivity index is 2.43. The Morgan fingerprint density at radius 3 is 2.57 bits per heavy atom. The number of hydrogen-bond donors (Lipinski definition) is 3. The molecule has 0 unspecified atom stereocenters. The van der Waals surface area contributed by atoms with Crippen molar-refractivity contribution in [2.75, 3.05) is 0 Å². The third-order valence-corrected chi connectivity index (χ3v) is 3.96. The monoisotopic (exact) mass is 288 g/mol. The van der Waals surface area contributed by atoms with E-state index in [4.69, 9.17) is 10.9 Å². The summed E-state index contributed by atoms with van der Waals surface area (Å²) in [6.45, 7) is 0. The molecule has 21 heavy (non-hydrogen) atoms. The minimum atomic E-state index is -0.635. The Morgan fingerprint density at radius 2 is 1.95 bits per heavy atom. The van der Waals surface area contributed by atoms with Gasteiger partial charge in [-0.15, -0.1) is 0 Å². The summed E-state index contributed by atoms with van der Waals surface area (Å²) in [5.74, 6) is -0.768. The summed E-state index contributed by atoms with van der Waals surface area (Å²) < 4.78 is 0. The molecule has 112 valence electrons. The number of nitrogens with two attached hydrogens (primary N) is 1. The Morgan fingerprint density at radius 1 is 1.24 bits per heavy atom. The van der Waals surface area contributed by atoms with Crippen molar-refractivity contribution in [2.24, 2.45) is 5.73 Å². The summed E-state index contributed by atoms with van der Waals surface area (Å²) in [6, 6.07) is 5.47. The second-order valence-electron chi connectivity index (χ2n) is 5.32. The lowest BCUT2D eigenvalue weighted by Crippen LogP contribution is -2.17. The maximum atomic E-state index is 11.6. The van der Waals surface area contributed by atoms with E-state index in [1.165, 1.54) is 25.3 Å². The smallest absolute Gasteiger partial charge is 0.267 e. The lowest BCUT2D eigenvalue weighted by Gasteiger charge is -2.24. The molecule has 0 spiro atoms. The van der Waals surface area contributed by atoms with Crippen LogP contribution < -0.4 is 11.2 Å². The lowest BCUT2D eigenvalue weighted by atomic mass is 9.81. The van der Waals surface area contributed by atoms with Crippen LogP contribution in [0.1, 0.15) is 59.5 Å². The SMILES string of the molecule is NC(=O)c1cccc(C2CCCCC2)c1C=CC(=O)NO. The van der Waals surface area contributed by atoms with E-state index in [1.54, 1.807) is 17.6 Å². The zero-order valence-corrected chi connectivity index (χ0v) is 11.8. The van der Waals surface area contributed by atoms with Gasteiger partial charge >= 0.3 is 0 Å². The highest BCUT2D eigenvalue weighted by molar-refractivity contribution is 5.99. The van der Waals surface area contributed by atoms with Gasteiger partial charge in [-0.2, -0.15) is 0 Å². The van der Waals surface area contributed by atoms with Crippen molar-refractivity contribution in [2.45, 2.75) is 38.0 Å². The van der Waals surface area contributed by atoms with Gasteiger partial charge in [-0.05, 0) is 42.0 Å². The van der Waals surface area contributed by atoms with Crippen molar-refractivity contribution in [3.63, 3.8) is 0 Å². The molecule has 0 aliphatic heterocycles. The van der Waals surface area contributed by atoms with Crippen LogP contribution in [0.2, 0.25) is 0 Å². The van der Waals surface area contributed by atoms with Crippen LogP contribution >= 0.6 is 0 Å². The number of hydrogen-bond acceptors (Lipinski definition) is 3. The predicted octanol–water partition coefficient (Wildman–Crippen LogP) is 2.35. The molecule has 0 bridgehead atoms. The molecule has 0 radical (unpaired) electrons. The Hall–Kier alpha value is -2.14. The molecule has 0 atom stereocenters. The Labute approximate surface area is 123 Å². The molecule has 0 aromatic heterocycles. The number of amides is 2. The first-order valence-corrected chi connectivity index (χ1v) is 7.18. The molecule has 1 fully saturated rings. The first kappa shape index (κ1) is 15.3. The summed E-state index contributed by atoms with van der Waals surface area (Å²) in [5, 5.41) is 8.57. The maximum Gasteiger partial charge on any atom is 0.267 e. The Bertz CT molecular complexity index is 561. The fourth-order valence-corrected chi connectivity index (χ4v) is 2.95. The van der Waals surface area contributed by atoms with Crippen molar-refractivity contribution in [1.29, 1.82) is 0 Å². The molecule has 1 saturated carbocycles. The molecule has 1 aromatic rings. The van der Waals surface area contributed by atoms with E-state index in [0.29, 0.717) is 17.0 Å². The highest BCUT2D eigenvalue weighted by Crippen LogP contribution is 2.35. The summed E-state index contributed by atoms with van der Waals surface area (Å²) in [6.07, 6.45) is 8.50. The van der Waals surface area contributed by atoms with E-state index in [0.717, 1.165) is 18.4 Å². The summed E-state index contributed by atoms with van der Waals surface area (Å²) >= 11 is 0. The van der Waals surface area contributed by atoms with Crippen molar-refractivity contribution < 1.29 is 14.8 Å². The van der Waals surface area contributed by atoms with Gasteiger partial charge in [-0.1, -0.05) is 31.4 Å². The minimum absolute atomic E-state index is 0.384. The van der Waals surface area contributed by atoms with Gasteiger partial charge in [0.15, 0.2) is 0 Å². The van der Waals surface area contributed by atoms with Gasteiger partial charge in [0.05, 0.1) is 0 Å². The van der Waals surface area contributed by atoms with E-state index in [2.05, 4.69) is 0 Å². The fraction of sp³-hybridized carbons (Fsp3) is 0.375. The normalized spacial score (nSPS) is 16.0. The molecular weight excluding hydrogens is 268 g/mol. The van der Waals surface area contributed by atoms with Crippen LogP contribution in [0.3, 0.4) is 0 Å². The average molecular weight is 288 g/mol. The number of hydroxylamine groups is 1. The van der Waals surface area contributed by atoms with Crippen LogP contribution in [0.25, 0.3) is 6.08 Å². The first-order valence-electron chi connectivity index (χ1n) is 7.18. The number of nitrogens with one attached hydrogen (secondary N) is 1. The van der Waals surface area contributed by atoms with E-state index in [9.17, 15) is 9.59 Å². The van der Waals surface area contributed by atoms with Gasteiger partial charge < -0.3 is 5.73 Å². The fourth-order valence-electron chi connectivity index (χ4n) is 2.95. The van der Waals surface area contributed by atoms with E-state index < -0.39 is 11.8 Å². The number of primary amides is 1. The highest BCUT2D eigenvalue weighted by Gasteiger charge is 2.20. The summed E-state index contributed by atoms with van der Waals surface area (Å²) in [7, 11) is 0. The highest BCUT2D eigenvalue weighted by atomic mass is 16.5. The molecular formula is C16H20N2O3. The third-order valence-electron chi connectivity index (χ3n) is 3.96. The van der Waals surface area contributed by atoms with Crippen LogP contribution in [0.4, 0.5) is 0 Å². The van der Waals surface area contributed by atoms with Crippen LogP contribution in [0.15, 0.2) is 24.3 Å². The van der Waals surface area contributed by atoms with Gasteiger partial charge in [0.25, 0.3) is 5.91 Å². The van der Waals surface area contributed by atoms with Crippen molar-refractivity contribution in [3.05, 3.63) is 41.0 Å². The second-order valence-corrected chi connectivity index (χ2v) is 5.32. The molecule has 4 N–H and O–H groups in total. The zero-order chi connectivity index (χ0) is 15.2. The number of benzene rings is 1. The Kier molecular flexibility index (Phi) is 5.11. The predicted molar refractivity (Wildman–Crippen MR) is 79.7 cm³/mol. The third kappa shape index (κ3) is 3.70. The molecule has 2 rings (SSSR count). The van der Waals surface area contributed by atoms with Crippen LogP contribution in [0, 0.1) is 0 Å². The molecule has 5 heteroatoms. The molecule has 0 saturated heterocycles. The van der Waals surface area contributed by atoms with Crippen molar-refractivity contribution in [3.8, 4) is 0 Å². The molecule has 1 aliphatic rings. The average Bonchev–Trinajstić information content (AvgIpc) is 2.52. The van der Waals surface area contributed by atoms with Gasteiger partial charge in [0.2, 0.25) is 5.91 Å². The van der Waals surface area contributed by atoms with Gasteiger partial charge in [-0.3, -0.25) is 14.8 Å². The molecule has 1 aliphatic carbocycles. The largest absolute Gasteiger partial charge is 0.366 e. The minimum Gasteiger partial charge on any atom is -0.366 e. The van der Waals surface area contributed by atoms with Crippen molar-refractivity contribution in [1.82, 2.24) is 5.48 Å². The molecule has 2 amide bonds. The second kappa shape index (κ2) is 7.04. The molecule has 5 nitrogen and oxygen atoms in total. The van der Waals surface area contributed by atoms with Gasteiger partial charge in [-0.25, -0.2) is 5.48 Å². The number of carbonyl (C=O) groups is 2. The van der Waals surface area contributed by atoms with Crippen LogP contribution in [-0.4, -0.2) is 17.0 Å². The maximum absolute atomic E-state index is 11.6. The molecule has 1 aromatic carbocycles. The molecule has 0 heterocycles. The number of carbonyl (C=O) groups excluding carboxylic acids is 2. The van der Waals surface area contributed by atoms with E-state index in [-0.39, 0.29) is 0 Å². The number of rotatable bonds is 4. The zero-order valence-electron chi connectivity index (χ0n) is 11.8. The van der Waals surface area contributed by atoms with Crippen molar-refractivity contribution >= 4 is 17.9 Å². The van der Waals surface area contributed by atoms with E-state index >= 15 is 0 Å².